The standard InChI is InChI=1S/C21H14ClN3O3S/c22-16-10-9-15(11-18(16)25(27)28)20(26)23-12-13-5-7-14(8-6-13)21-24-17-3-1-2-4-19(17)29-21/h1-11H,12H2,(H,23,26). The van der Waals surface area contributed by atoms with Crippen molar-refractivity contribution in [1.82, 2.24) is 10.3 Å². The van der Waals surface area contributed by atoms with Crippen molar-refractivity contribution in [2.24, 2.45) is 0 Å². The summed E-state index contributed by atoms with van der Waals surface area (Å²) in [5.74, 6) is -0.403. The fourth-order valence-electron chi connectivity index (χ4n) is 2.84. The minimum absolute atomic E-state index is 0.00279. The number of nitrogens with one attached hydrogen (secondary N) is 1. The van der Waals surface area contributed by atoms with Crippen molar-refractivity contribution >= 4 is 44.7 Å². The van der Waals surface area contributed by atoms with Crippen LogP contribution in [0, 0.1) is 10.1 Å². The lowest BCUT2D eigenvalue weighted by Crippen LogP contribution is -2.22. The fourth-order valence-corrected chi connectivity index (χ4v) is 4.00. The lowest BCUT2D eigenvalue weighted by Gasteiger charge is -2.06. The lowest BCUT2D eigenvalue weighted by atomic mass is 10.1. The number of halogens is 1. The van der Waals surface area contributed by atoms with Gasteiger partial charge in [-0.05, 0) is 29.8 Å². The van der Waals surface area contributed by atoms with Crippen LogP contribution in [0.1, 0.15) is 15.9 Å². The second-order valence-corrected chi connectivity index (χ2v) is 7.73. The van der Waals surface area contributed by atoms with Crippen LogP contribution in [0.5, 0.6) is 0 Å². The fraction of sp³-hybridized carbons (Fsp3) is 0.0476. The maximum absolute atomic E-state index is 12.3. The van der Waals surface area contributed by atoms with Crippen molar-refractivity contribution in [3.05, 3.63) is 93.0 Å². The van der Waals surface area contributed by atoms with Gasteiger partial charge in [-0.15, -0.1) is 11.3 Å². The Morgan fingerprint density at radius 2 is 1.86 bits per heavy atom. The van der Waals surface area contributed by atoms with E-state index in [1.54, 1.807) is 11.3 Å². The van der Waals surface area contributed by atoms with Gasteiger partial charge >= 0.3 is 0 Å². The van der Waals surface area contributed by atoms with Gasteiger partial charge in [0, 0.05) is 23.7 Å². The summed E-state index contributed by atoms with van der Waals surface area (Å²) in [6.07, 6.45) is 0. The number of thiazole rings is 1. The van der Waals surface area contributed by atoms with E-state index in [2.05, 4.69) is 10.3 Å². The van der Waals surface area contributed by atoms with E-state index >= 15 is 0 Å². The number of aromatic nitrogens is 1. The molecule has 1 aromatic heterocycles. The molecule has 29 heavy (non-hydrogen) atoms. The number of rotatable bonds is 5. The van der Waals surface area contributed by atoms with Crippen molar-refractivity contribution < 1.29 is 9.72 Å². The van der Waals surface area contributed by atoms with Crippen LogP contribution in [0.3, 0.4) is 0 Å². The van der Waals surface area contributed by atoms with Crippen LogP contribution in [0.25, 0.3) is 20.8 Å². The molecule has 0 spiro atoms. The Morgan fingerprint density at radius 1 is 1.10 bits per heavy atom. The van der Waals surface area contributed by atoms with Crippen molar-refractivity contribution in [3.63, 3.8) is 0 Å². The largest absolute Gasteiger partial charge is 0.348 e. The lowest BCUT2D eigenvalue weighted by molar-refractivity contribution is -0.384. The normalized spacial score (nSPS) is 10.8. The van der Waals surface area contributed by atoms with Gasteiger partial charge in [0.05, 0.1) is 15.1 Å². The molecular formula is C21H14ClN3O3S. The van der Waals surface area contributed by atoms with Crippen LogP contribution < -0.4 is 5.32 Å². The number of para-hydroxylation sites is 1. The Bertz CT molecular complexity index is 1190. The number of hydrogen-bond acceptors (Lipinski definition) is 5. The third-order valence-electron chi connectivity index (χ3n) is 4.35. The predicted molar refractivity (Wildman–Crippen MR) is 114 cm³/mol. The number of carbonyl (C=O) groups excluding carboxylic acids is 1. The first-order chi connectivity index (χ1) is 14.0. The number of benzene rings is 3. The number of carbonyl (C=O) groups is 1. The van der Waals surface area contributed by atoms with Gasteiger partial charge in [-0.2, -0.15) is 0 Å². The molecule has 0 bridgehead atoms. The maximum atomic E-state index is 12.3. The van der Waals surface area contributed by atoms with Gasteiger partial charge in [-0.3, -0.25) is 14.9 Å². The van der Waals surface area contributed by atoms with Crippen LogP contribution in [0.4, 0.5) is 5.69 Å². The molecule has 6 nitrogen and oxygen atoms in total. The van der Waals surface area contributed by atoms with Gasteiger partial charge in [0.15, 0.2) is 0 Å². The summed E-state index contributed by atoms with van der Waals surface area (Å²) in [7, 11) is 0. The second-order valence-electron chi connectivity index (χ2n) is 6.29. The topological polar surface area (TPSA) is 85.1 Å². The number of amides is 1. The monoisotopic (exact) mass is 423 g/mol. The van der Waals surface area contributed by atoms with Crippen LogP contribution in [-0.2, 0) is 6.54 Å². The van der Waals surface area contributed by atoms with Gasteiger partial charge < -0.3 is 5.32 Å². The minimum Gasteiger partial charge on any atom is -0.348 e. The Labute approximate surface area is 174 Å². The first-order valence-electron chi connectivity index (χ1n) is 8.68. The SMILES string of the molecule is O=C(NCc1ccc(-c2nc3ccccc3s2)cc1)c1ccc(Cl)c([N+](=O)[O-])c1. The Balaban J connectivity index is 1.44. The average molecular weight is 424 g/mol. The zero-order valence-corrected chi connectivity index (χ0v) is 16.5. The molecule has 0 unspecified atom stereocenters. The zero-order valence-electron chi connectivity index (χ0n) is 15.0. The predicted octanol–water partition coefficient (Wildman–Crippen LogP) is 5.45. The number of fused-ring (bicyclic) bond motifs is 1. The maximum Gasteiger partial charge on any atom is 0.288 e. The number of nitrogens with zero attached hydrogens (tertiary/aromatic N) is 2. The van der Waals surface area contributed by atoms with E-state index < -0.39 is 10.8 Å². The highest BCUT2D eigenvalue weighted by atomic mass is 35.5. The van der Waals surface area contributed by atoms with Gasteiger partial charge in [0.25, 0.3) is 11.6 Å². The van der Waals surface area contributed by atoms with Crippen LogP contribution in [0.2, 0.25) is 5.02 Å². The van der Waals surface area contributed by atoms with Crippen LogP contribution in [0.15, 0.2) is 66.7 Å². The molecule has 1 N–H and O–H groups in total. The Morgan fingerprint density at radius 3 is 2.59 bits per heavy atom. The summed E-state index contributed by atoms with van der Waals surface area (Å²) in [6.45, 7) is 0.301. The van der Waals surface area contributed by atoms with Crippen LogP contribution >= 0.6 is 22.9 Å². The molecule has 0 atom stereocenters. The Hall–Kier alpha value is -3.29. The molecule has 0 radical (unpaired) electrons. The van der Waals surface area contributed by atoms with Gasteiger partial charge in [-0.1, -0.05) is 48.0 Å². The summed E-state index contributed by atoms with van der Waals surface area (Å²) in [4.78, 5) is 27.3. The highest BCUT2D eigenvalue weighted by molar-refractivity contribution is 7.21. The number of nitro groups is 1. The molecule has 0 saturated carbocycles. The molecule has 0 aliphatic rings. The molecule has 3 aromatic carbocycles. The van der Waals surface area contributed by atoms with E-state index in [1.165, 1.54) is 18.2 Å². The molecule has 1 heterocycles. The van der Waals surface area contributed by atoms with Crippen molar-refractivity contribution in [2.45, 2.75) is 6.54 Å². The molecular weight excluding hydrogens is 410 g/mol. The van der Waals surface area contributed by atoms with E-state index in [0.717, 1.165) is 26.4 Å². The molecule has 1 amide bonds. The molecule has 4 rings (SSSR count). The van der Waals surface area contributed by atoms with E-state index in [4.69, 9.17) is 11.6 Å². The zero-order chi connectivity index (χ0) is 20.4. The molecule has 0 fully saturated rings. The molecule has 144 valence electrons. The van der Waals surface area contributed by atoms with Crippen molar-refractivity contribution in [3.8, 4) is 10.6 Å². The summed E-state index contributed by atoms with van der Waals surface area (Å²) < 4.78 is 1.14. The van der Waals surface area contributed by atoms with E-state index in [-0.39, 0.29) is 16.3 Å². The first kappa shape index (κ1) is 19.0. The molecule has 0 aliphatic heterocycles. The summed E-state index contributed by atoms with van der Waals surface area (Å²) in [5.41, 5.74) is 2.79. The molecule has 8 heteroatoms. The van der Waals surface area contributed by atoms with Gasteiger partial charge in [-0.25, -0.2) is 4.98 Å². The third-order valence-corrected chi connectivity index (χ3v) is 5.76. The highest BCUT2D eigenvalue weighted by Gasteiger charge is 2.16. The molecule has 4 aromatic rings. The average Bonchev–Trinajstić information content (AvgIpc) is 3.17. The van der Waals surface area contributed by atoms with Gasteiger partial charge in [0.1, 0.15) is 10.0 Å². The summed E-state index contributed by atoms with van der Waals surface area (Å²) in [6, 6.07) is 19.7. The van der Waals surface area contributed by atoms with E-state index in [0.29, 0.717) is 6.54 Å². The number of hydrogen-bond donors (Lipinski definition) is 1. The summed E-state index contributed by atoms with van der Waals surface area (Å²) >= 11 is 7.41. The first-order valence-corrected chi connectivity index (χ1v) is 9.88. The second kappa shape index (κ2) is 7.98. The van der Waals surface area contributed by atoms with Crippen molar-refractivity contribution in [2.75, 3.05) is 0 Å². The highest BCUT2D eigenvalue weighted by Crippen LogP contribution is 2.30. The van der Waals surface area contributed by atoms with E-state index in [1.807, 2.05) is 48.5 Å². The minimum atomic E-state index is -0.611. The Kier molecular flexibility index (Phi) is 5.24. The third kappa shape index (κ3) is 4.11. The quantitative estimate of drug-likeness (QED) is 0.341. The van der Waals surface area contributed by atoms with Crippen molar-refractivity contribution in [1.29, 1.82) is 0 Å². The van der Waals surface area contributed by atoms with E-state index in [9.17, 15) is 14.9 Å². The number of nitro benzene ring substituents is 1. The summed E-state index contributed by atoms with van der Waals surface area (Å²) in [5, 5.41) is 14.7. The van der Waals surface area contributed by atoms with Crippen LogP contribution in [-0.4, -0.2) is 15.8 Å². The molecule has 0 aliphatic carbocycles. The molecule has 0 saturated heterocycles. The van der Waals surface area contributed by atoms with Gasteiger partial charge in [0.2, 0.25) is 0 Å². The smallest absolute Gasteiger partial charge is 0.288 e.